The topological polar surface area (TPSA) is 55.4 Å². The molecular weight excluding hydrogens is 290 g/mol. The van der Waals surface area contributed by atoms with Gasteiger partial charge >= 0.3 is 5.97 Å². The van der Waals surface area contributed by atoms with E-state index in [1.54, 1.807) is 24.3 Å². The third-order valence-electron chi connectivity index (χ3n) is 4.31. The summed E-state index contributed by atoms with van der Waals surface area (Å²) in [7, 11) is 0. The molecule has 1 aliphatic rings. The van der Waals surface area contributed by atoms with Crippen LogP contribution in [0, 0.1) is 0 Å². The Kier molecular flexibility index (Phi) is 4.15. The normalized spacial score (nSPS) is 15.3. The number of ether oxygens (including phenoxy) is 1. The zero-order valence-electron chi connectivity index (χ0n) is 13.0. The van der Waals surface area contributed by atoms with E-state index in [1.165, 1.54) is 6.92 Å². The number of amides is 1. The van der Waals surface area contributed by atoms with Gasteiger partial charge < -0.3 is 10.1 Å². The van der Waals surface area contributed by atoms with Gasteiger partial charge in [0.15, 0.2) is 0 Å². The lowest BCUT2D eigenvalue weighted by Gasteiger charge is -2.39. The van der Waals surface area contributed by atoms with E-state index in [0.717, 1.165) is 24.8 Å². The number of hydrogen-bond acceptors (Lipinski definition) is 3. The molecule has 0 saturated heterocycles. The SMILES string of the molecule is CC(=O)Nc1ccc(OC(=O)C2(c3ccccc3)CCC2)cc1. The standard InChI is InChI=1S/C19H19NO3/c1-14(21)20-16-8-10-17(11-9-16)23-18(22)19(12-5-13-19)15-6-3-2-4-7-15/h2-4,6-11H,5,12-13H2,1H3,(H,20,21). The molecule has 2 aromatic rings. The maximum Gasteiger partial charge on any atom is 0.321 e. The predicted octanol–water partition coefficient (Wildman–Crippen LogP) is 3.67. The number of carbonyl (C=O) groups is 2. The third-order valence-corrected chi connectivity index (χ3v) is 4.31. The van der Waals surface area contributed by atoms with Crippen molar-refractivity contribution in [2.24, 2.45) is 0 Å². The molecular formula is C19H19NO3. The van der Waals surface area contributed by atoms with Gasteiger partial charge in [0.25, 0.3) is 0 Å². The highest BCUT2D eigenvalue weighted by Gasteiger charge is 2.47. The minimum Gasteiger partial charge on any atom is -0.426 e. The Morgan fingerprint density at radius 2 is 1.65 bits per heavy atom. The minimum atomic E-state index is -0.516. The summed E-state index contributed by atoms with van der Waals surface area (Å²) in [5.74, 6) is 0.153. The molecule has 23 heavy (non-hydrogen) atoms. The smallest absolute Gasteiger partial charge is 0.321 e. The first-order valence-electron chi connectivity index (χ1n) is 7.76. The zero-order valence-corrected chi connectivity index (χ0v) is 13.0. The maximum atomic E-state index is 12.7. The molecule has 1 N–H and O–H groups in total. The van der Waals surface area contributed by atoms with Crippen LogP contribution in [0.5, 0.6) is 5.75 Å². The first kappa shape index (κ1) is 15.3. The Hall–Kier alpha value is -2.62. The highest BCUT2D eigenvalue weighted by Crippen LogP contribution is 2.44. The number of rotatable bonds is 4. The molecule has 1 fully saturated rings. The van der Waals surface area contributed by atoms with Gasteiger partial charge in [-0.15, -0.1) is 0 Å². The van der Waals surface area contributed by atoms with E-state index < -0.39 is 5.41 Å². The van der Waals surface area contributed by atoms with E-state index >= 15 is 0 Å². The molecule has 4 nitrogen and oxygen atoms in total. The second kappa shape index (κ2) is 6.24. The quantitative estimate of drug-likeness (QED) is 0.692. The summed E-state index contributed by atoms with van der Waals surface area (Å²) in [6, 6.07) is 16.7. The Morgan fingerprint density at radius 1 is 1.00 bits per heavy atom. The zero-order chi connectivity index (χ0) is 16.3. The van der Waals surface area contributed by atoms with Crippen LogP contribution in [0.2, 0.25) is 0 Å². The van der Waals surface area contributed by atoms with E-state index in [0.29, 0.717) is 11.4 Å². The average molecular weight is 309 g/mol. The molecule has 4 heteroatoms. The number of anilines is 1. The number of esters is 1. The van der Waals surface area contributed by atoms with Crippen LogP contribution in [0.15, 0.2) is 54.6 Å². The summed E-state index contributed by atoms with van der Waals surface area (Å²) in [6.07, 6.45) is 2.67. The van der Waals surface area contributed by atoms with Gasteiger partial charge in [0.05, 0.1) is 5.41 Å². The van der Waals surface area contributed by atoms with Crippen molar-refractivity contribution in [3.05, 3.63) is 60.2 Å². The van der Waals surface area contributed by atoms with Crippen molar-refractivity contribution in [1.82, 2.24) is 0 Å². The second-order valence-corrected chi connectivity index (χ2v) is 5.90. The molecule has 118 valence electrons. The summed E-state index contributed by atoms with van der Waals surface area (Å²) in [4.78, 5) is 23.7. The van der Waals surface area contributed by atoms with Crippen LogP contribution in [0.4, 0.5) is 5.69 Å². The highest BCUT2D eigenvalue weighted by atomic mass is 16.5. The van der Waals surface area contributed by atoms with Crippen LogP contribution in [0.1, 0.15) is 31.7 Å². The van der Waals surface area contributed by atoms with Gasteiger partial charge in [-0.25, -0.2) is 0 Å². The van der Waals surface area contributed by atoms with E-state index in [-0.39, 0.29) is 11.9 Å². The predicted molar refractivity (Wildman–Crippen MR) is 88.4 cm³/mol. The first-order chi connectivity index (χ1) is 11.1. The third kappa shape index (κ3) is 3.11. The summed E-state index contributed by atoms with van der Waals surface area (Å²) in [5.41, 5.74) is 1.18. The fourth-order valence-electron chi connectivity index (χ4n) is 2.91. The lowest BCUT2D eigenvalue weighted by Crippen LogP contribution is -2.45. The molecule has 0 spiro atoms. The number of carbonyl (C=O) groups excluding carboxylic acids is 2. The van der Waals surface area contributed by atoms with Crippen molar-refractivity contribution in [2.75, 3.05) is 5.32 Å². The molecule has 0 aromatic heterocycles. The number of nitrogens with one attached hydrogen (secondary N) is 1. The van der Waals surface area contributed by atoms with Gasteiger partial charge in [-0.2, -0.15) is 0 Å². The molecule has 0 aliphatic heterocycles. The second-order valence-electron chi connectivity index (χ2n) is 5.90. The highest BCUT2D eigenvalue weighted by molar-refractivity contribution is 5.89. The largest absolute Gasteiger partial charge is 0.426 e. The molecule has 1 amide bonds. The monoisotopic (exact) mass is 309 g/mol. The minimum absolute atomic E-state index is 0.132. The lowest BCUT2D eigenvalue weighted by atomic mass is 9.64. The van der Waals surface area contributed by atoms with Gasteiger partial charge in [0.2, 0.25) is 5.91 Å². The van der Waals surface area contributed by atoms with Gasteiger partial charge in [-0.1, -0.05) is 36.8 Å². The number of benzene rings is 2. The van der Waals surface area contributed by atoms with Crippen LogP contribution < -0.4 is 10.1 Å². The van der Waals surface area contributed by atoms with Crippen LogP contribution in [-0.4, -0.2) is 11.9 Å². The number of hydrogen-bond donors (Lipinski definition) is 1. The fraction of sp³-hybridized carbons (Fsp3) is 0.263. The fourth-order valence-corrected chi connectivity index (χ4v) is 2.91. The molecule has 0 unspecified atom stereocenters. The van der Waals surface area contributed by atoms with E-state index in [9.17, 15) is 9.59 Å². The molecule has 0 radical (unpaired) electrons. The van der Waals surface area contributed by atoms with Crippen molar-refractivity contribution < 1.29 is 14.3 Å². The molecule has 1 saturated carbocycles. The van der Waals surface area contributed by atoms with E-state index in [1.807, 2.05) is 30.3 Å². The first-order valence-corrected chi connectivity index (χ1v) is 7.76. The van der Waals surface area contributed by atoms with E-state index in [2.05, 4.69) is 5.32 Å². The van der Waals surface area contributed by atoms with Crippen LogP contribution in [-0.2, 0) is 15.0 Å². The Labute approximate surface area is 135 Å². The van der Waals surface area contributed by atoms with Crippen LogP contribution >= 0.6 is 0 Å². The van der Waals surface area contributed by atoms with Gasteiger partial charge in [0.1, 0.15) is 5.75 Å². The molecule has 0 atom stereocenters. The average Bonchev–Trinajstić information content (AvgIpc) is 2.49. The van der Waals surface area contributed by atoms with Crippen molar-refractivity contribution in [3.8, 4) is 5.75 Å². The van der Waals surface area contributed by atoms with E-state index in [4.69, 9.17) is 4.74 Å². The molecule has 3 rings (SSSR count). The van der Waals surface area contributed by atoms with Crippen molar-refractivity contribution in [1.29, 1.82) is 0 Å². The Bertz CT molecular complexity index is 703. The Balaban J connectivity index is 1.74. The molecule has 1 aliphatic carbocycles. The molecule has 0 heterocycles. The summed E-state index contributed by atoms with van der Waals surface area (Å²) in [5, 5.41) is 2.68. The summed E-state index contributed by atoms with van der Waals surface area (Å²) >= 11 is 0. The maximum absolute atomic E-state index is 12.7. The van der Waals surface area contributed by atoms with Crippen LogP contribution in [0.3, 0.4) is 0 Å². The Morgan fingerprint density at radius 3 is 2.17 bits per heavy atom. The van der Waals surface area contributed by atoms with Crippen molar-refractivity contribution in [3.63, 3.8) is 0 Å². The van der Waals surface area contributed by atoms with Gasteiger partial charge in [-0.05, 0) is 42.7 Å². The molecule has 2 aromatic carbocycles. The van der Waals surface area contributed by atoms with Gasteiger partial charge in [-0.3, -0.25) is 9.59 Å². The van der Waals surface area contributed by atoms with Crippen molar-refractivity contribution in [2.45, 2.75) is 31.6 Å². The van der Waals surface area contributed by atoms with Gasteiger partial charge in [0, 0.05) is 12.6 Å². The summed E-state index contributed by atoms with van der Waals surface area (Å²) < 4.78 is 5.58. The summed E-state index contributed by atoms with van der Waals surface area (Å²) in [6.45, 7) is 1.45. The van der Waals surface area contributed by atoms with Crippen molar-refractivity contribution >= 4 is 17.6 Å². The lowest BCUT2D eigenvalue weighted by molar-refractivity contribution is -0.144. The van der Waals surface area contributed by atoms with Crippen LogP contribution in [0.25, 0.3) is 0 Å². The molecule has 0 bridgehead atoms.